The quantitative estimate of drug-likeness (QED) is 0.226. The summed E-state index contributed by atoms with van der Waals surface area (Å²) in [6.07, 6.45) is 2.07. The lowest BCUT2D eigenvalue weighted by atomic mass is 10.1. The molecule has 6 nitrogen and oxygen atoms in total. The van der Waals surface area contributed by atoms with Gasteiger partial charge in [0.1, 0.15) is 0 Å². The molecule has 0 spiro atoms. The van der Waals surface area contributed by atoms with Gasteiger partial charge in [-0.1, -0.05) is 0 Å². The minimum atomic E-state index is 0. The van der Waals surface area contributed by atoms with Crippen molar-refractivity contribution in [3.05, 3.63) is 0 Å². The first-order chi connectivity index (χ1) is 10.4. The highest BCUT2D eigenvalue weighted by Crippen LogP contribution is 2.12. The molecule has 0 bridgehead atoms. The van der Waals surface area contributed by atoms with Crippen molar-refractivity contribution in [3.63, 3.8) is 0 Å². The van der Waals surface area contributed by atoms with Crippen molar-refractivity contribution in [2.45, 2.75) is 26.7 Å². The zero-order valence-corrected chi connectivity index (χ0v) is 16.3. The van der Waals surface area contributed by atoms with E-state index in [1.165, 1.54) is 0 Å². The fourth-order valence-electron chi connectivity index (χ4n) is 2.05. The van der Waals surface area contributed by atoms with E-state index in [1.54, 1.807) is 0 Å². The molecule has 132 valence electrons. The van der Waals surface area contributed by atoms with Gasteiger partial charge in [0, 0.05) is 45.4 Å². The highest BCUT2D eigenvalue weighted by atomic mass is 127. The Balaban J connectivity index is 0.00000441. The Morgan fingerprint density at radius 2 is 2.09 bits per heavy atom. The Kier molecular flexibility index (Phi) is 15.7. The monoisotopic (exact) mass is 429 g/mol. The molecule has 1 unspecified atom stereocenters. The first-order valence-electron chi connectivity index (χ1n) is 8.12. The van der Waals surface area contributed by atoms with Crippen LogP contribution in [0, 0.1) is 5.92 Å². The number of rotatable bonds is 11. The highest BCUT2D eigenvalue weighted by molar-refractivity contribution is 14.0. The Morgan fingerprint density at radius 3 is 2.77 bits per heavy atom. The number of ether oxygens (including phenoxy) is 3. The van der Waals surface area contributed by atoms with Crippen molar-refractivity contribution in [1.29, 1.82) is 0 Å². The van der Waals surface area contributed by atoms with E-state index in [-0.39, 0.29) is 24.0 Å². The van der Waals surface area contributed by atoms with Crippen molar-refractivity contribution >= 4 is 29.9 Å². The van der Waals surface area contributed by atoms with E-state index < -0.39 is 0 Å². The van der Waals surface area contributed by atoms with Crippen LogP contribution in [0.25, 0.3) is 0 Å². The molecule has 1 aliphatic rings. The van der Waals surface area contributed by atoms with Crippen LogP contribution in [0.3, 0.4) is 0 Å². The third-order valence-electron chi connectivity index (χ3n) is 3.18. The average Bonchev–Trinajstić information content (AvgIpc) is 3.00. The summed E-state index contributed by atoms with van der Waals surface area (Å²) < 4.78 is 16.3. The summed E-state index contributed by atoms with van der Waals surface area (Å²) in [5.74, 6) is 1.44. The number of halogens is 1. The smallest absolute Gasteiger partial charge is 0.191 e. The Bertz CT molecular complexity index is 275. The summed E-state index contributed by atoms with van der Waals surface area (Å²) in [4.78, 5) is 4.51. The second-order valence-electron chi connectivity index (χ2n) is 5.04. The van der Waals surface area contributed by atoms with Gasteiger partial charge in [0.15, 0.2) is 5.96 Å². The van der Waals surface area contributed by atoms with Crippen LogP contribution in [0.4, 0.5) is 0 Å². The molecule has 1 atom stereocenters. The molecule has 1 aliphatic heterocycles. The van der Waals surface area contributed by atoms with E-state index in [0.29, 0.717) is 12.5 Å². The fraction of sp³-hybridized carbons (Fsp3) is 0.933. The molecule has 0 aliphatic carbocycles. The molecule has 0 aromatic heterocycles. The Labute approximate surface area is 151 Å². The second kappa shape index (κ2) is 15.8. The van der Waals surface area contributed by atoms with Crippen LogP contribution in [-0.4, -0.2) is 65.2 Å². The molecule has 0 saturated carbocycles. The first kappa shape index (κ1) is 21.9. The van der Waals surface area contributed by atoms with Crippen molar-refractivity contribution in [2.75, 3.05) is 59.3 Å². The summed E-state index contributed by atoms with van der Waals surface area (Å²) in [6, 6.07) is 0. The predicted molar refractivity (Wildman–Crippen MR) is 100 cm³/mol. The highest BCUT2D eigenvalue weighted by Gasteiger charge is 2.14. The van der Waals surface area contributed by atoms with Crippen LogP contribution >= 0.6 is 24.0 Å². The second-order valence-corrected chi connectivity index (χ2v) is 5.04. The zero-order chi connectivity index (χ0) is 15.2. The Morgan fingerprint density at radius 1 is 1.23 bits per heavy atom. The molecule has 0 amide bonds. The van der Waals surface area contributed by atoms with Crippen molar-refractivity contribution in [3.8, 4) is 0 Å². The molecule has 7 heteroatoms. The van der Waals surface area contributed by atoms with E-state index in [4.69, 9.17) is 14.2 Å². The molecule has 0 aromatic carbocycles. The third kappa shape index (κ3) is 11.4. The van der Waals surface area contributed by atoms with Crippen LogP contribution in [0.2, 0.25) is 0 Å². The molecule has 0 radical (unpaired) electrons. The zero-order valence-electron chi connectivity index (χ0n) is 13.9. The summed E-state index contributed by atoms with van der Waals surface area (Å²) in [5, 5.41) is 6.47. The normalized spacial score (nSPS) is 18.1. The number of guanidine groups is 1. The van der Waals surface area contributed by atoms with Crippen LogP contribution in [0.15, 0.2) is 4.99 Å². The van der Waals surface area contributed by atoms with Crippen LogP contribution in [0.1, 0.15) is 26.7 Å². The molecule has 1 heterocycles. The van der Waals surface area contributed by atoms with Gasteiger partial charge in [0.25, 0.3) is 0 Å². The average molecular weight is 429 g/mol. The number of nitrogens with zero attached hydrogens (tertiary/aromatic N) is 1. The number of hydrogen-bond donors (Lipinski definition) is 2. The number of aliphatic imine (C=N–C) groups is 1. The standard InChI is InChI=1S/C15H31N3O3.HI/c1-3-16-15(18-8-11-19-4-2)17-7-5-9-20-12-14-6-10-21-13-14;/h14H,3-13H2,1-2H3,(H2,16,17,18);1H. The van der Waals surface area contributed by atoms with Crippen molar-refractivity contribution < 1.29 is 14.2 Å². The van der Waals surface area contributed by atoms with Gasteiger partial charge >= 0.3 is 0 Å². The maximum atomic E-state index is 5.66. The van der Waals surface area contributed by atoms with E-state index in [0.717, 1.165) is 71.5 Å². The lowest BCUT2D eigenvalue weighted by Gasteiger charge is -2.11. The number of hydrogen-bond acceptors (Lipinski definition) is 4. The molecule has 22 heavy (non-hydrogen) atoms. The summed E-state index contributed by atoms with van der Waals surface area (Å²) in [5.41, 5.74) is 0. The lowest BCUT2D eigenvalue weighted by Crippen LogP contribution is -2.39. The first-order valence-corrected chi connectivity index (χ1v) is 8.12. The molecule has 1 rings (SSSR count). The van der Waals surface area contributed by atoms with Gasteiger partial charge in [0.2, 0.25) is 0 Å². The molecule has 1 fully saturated rings. The molecule has 0 aromatic rings. The Hall–Kier alpha value is -0.120. The summed E-state index contributed by atoms with van der Waals surface area (Å²) in [6.45, 7) is 11.2. The lowest BCUT2D eigenvalue weighted by molar-refractivity contribution is 0.0893. The van der Waals surface area contributed by atoms with Gasteiger partial charge in [-0.3, -0.25) is 4.99 Å². The minimum Gasteiger partial charge on any atom is -0.381 e. The van der Waals surface area contributed by atoms with E-state index in [9.17, 15) is 0 Å². The van der Waals surface area contributed by atoms with Crippen LogP contribution in [0.5, 0.6) is 0 Å². The van der Waals surface area contributed by atoms with E-state index in [2.05, 4.69) is 22.5 Å². The fourth-order valence-corrected chi connectivity index (χ4v) is 2.05. The summed E-state index contributed by atoms with van der Waals surface area (Å²) >= 11 is 0. The van der Waals surface area contributed by atoms with Crippen molar-refractivity contribution in [2.24, 2.45) is 10.9 Å². The van der Waals surface area contributed by atoms with E-state index in [1.807, 2.05) is 6.92 Å². The maximum Gasteiger partial charge on any atom is 0.191 e. The number of nitrogens with one attached hydrogen (secondary N) is 2. The largest absolute Gasteiger partial charge is 0.381 e. The van der Waals surface area contributed by atoms with Gasteiger partial charge in [-0.2, -0.15) is 0 Å². The topological polar surface area (TPSA) is 64.1 Å². The van der Waals surface area contributed by atoms with Gasteiger partial charge in [0.05, 0.1) is 19.8 Å². The van der Waals surface area contributed by atoms with Gasteiger partial charge in [-0.15, -0.1) is 24.0 Å². The van der Waals surface area contributed by atoms with Gasteiger partial charge < -0.3 is 24.8 Å². The van der Waals surface area contributed by atoms with Gasteiger partial charge in [-0.25, -0.2) is 0 Å². The SMILES string of the molecule is CCNC(=NCCCOCC1CCOC1)NCCOCC.I. The van der Waals surface area contributed by atoms with Crippen LogP contribution in [-0.2, 0) is 14.2 Å². The molecule has 1 saturated heterocycles. The van der Waals surface area contributed by atoms with Crippen LogP contribution < -0.4 is 10.6 Å². The molecule has 2 N–H and O–H groups in total. The maximum absolute atomic E-state index is 5.66. The molecular formula is C15H32IN3O3. The minimum absolute atomic E-state index is 0. The molecular weight excluding hydrogens is 397 g/mol. The predicted octanol–water partition coefficient (Wildman–Crippen LogP) is 1.64. The van der Waals surface area contributed by atoms with E-state index >= 15 is 0 Å². The summed E-state index contributed by atoms with van der Waals surface area (Å²) in [7, 11) is 0. The van der Waals surface area contributed by atoms with Gasteiger partial charge in [-0.05, 0) is 26.7 Å². The third-order valence-corrected chi connectivity index (χ3v) is 3.18. The van der Waals surface area contributed by atoms with Crippen molar-refractivity contribution in [1.82, 2.24) is 10.6 Å².